The Morgan fingerprint density at radius 2 is 2.27 bits per heavy atom. The predicted octanol–water partition coefficient (Wildman–Crippen LogP) is 1.84. The van der Waals surface area contributed by atoms with Gasteiger partial charge in [0, 0.05) is 11.0 Å². The van der Waals surface area contributed by atoms with Gasteiger partial charge in [-0.3, -0.25) is 9.36 Å². The molecule has 0 spiro atoms. The molecule has 0 radical (unpaired) electrons. The van der Waals surface area contributed by atoms with E-state index in [9.17, 15) is 14.0 Å². The Bertz CT molecular complexity index is 737. The lowest BCUT2D eigenvalue weighted by Crippen LogP contribution is -2.35. The van der Waals surface area contributed by atoms with Gasteiger partial charge in [0.05, 0.1) is 6.04 Å². The molecule has 0 aliphatic carbocycles. The van der Waals surface area contributed by atoms with Gasteiger partial charge in [0.25, 0.3) is 0 Å². The minimum Gasteiger partial charge on any atom is -0.334 e. The maximum atomic E-state index is 13.6. The first-order chi connectivity index (χ1) is 10.5. The SMILES string of the molecule is O=C(Cn1cn[nH]c1=O)N1CCCC1c1cc(F)cc(Br)c1. The molecule has 3 rings (SSSR count). The number of rotatable bonds is 3. The van der Waals surface area contributed by atoms with Crippen molar-refractivity contribution in [3.8, 4) is 0 Å². The van der Waals surface area contributed by atoms with Crippen molar-refractivity contribution in [1.29, 1.82) is 0 Å². The highest BCUT2D eigenvalue weighted by Crippen LogP contribution is 2.33. The number of likely N-dealkylation sites (tertiary alicyclic amines) is 1. The molecular formula is C14H14BrFN4O2. The van der Waals surface area contributed by atoms with Crippen LogP contribution in [0.2, 0.25) is 0 Å². The summed E-state index contributed by atoms with van der Waals surface area (Å²) in [5.41, 5.74) is 0.342. The normalized spacial score (nSPS) is 17.9. The molecule has 2 aromatic rings. The van der Waals surface area contributed by atoms with E-state index in [0.29, 0.717) is 11.0 Å². The van der Waals surface area contributed by atoms with Gasteiger partial charge < -0.3 is 4.90 Å². The maximum Gasteiger partial charge on any atom is 0.343 e. The van der Waals surface area contributed by atoms with Crippen molar-refractivity contribution in [3.05, 3.63) is 50.9 Å². The van der Waals surface area contributed by atoms with Gasteiger partial charge in [-0.2, -0.15) is 5.10 Å². The summed E-state index contributed by atoms with van der Waals surface area (Å²) >= 11 is 3.27. The number of nitrogens with zero attached hydrogens (tertiary/aromatic N) is 3. The quantitative estimate of drug-likeness (QED) is 0.898. The zero-order chi connectivity index (χ0) is 15.7. The van der Waals surface area contributed by atoms with Gasteiger partial charge in [0.1, 0.15) is 18.7 Å². The van der Waals surface area contributed by atoms with Gasteiger partial charge in [-0.25, -0.2) is 14.3 Å². The number of amides is 1. The Morgan fingerprint density at radius 3 is 2.95 bits per heavy atom. The molecule has 1 amide bonds. The fraction of sp³-hybridized carbons (Fsp3) is 0.357. The standard InChI is InChI=1S/C14H14BrFN4O2/c15-10-4-9(5-11(16)6-10)12-2-1-3-20(12)13(21)7-19-8-17-18-14(19)22/h4-6,8,12H,1-3,7H2,(H,18,22). The second-order valence-corrected chi connectivity index (χ2v) is 6.15. The fourth-order valence-corrected chi connectivity index (χ4v) is 3.28. The summed E-state index contributed by atoms with van der Waals surface area (Å²) in [6.45, 7) is 0.534. The number of hydrogen-bond donors (Lipinski definition) is 1. The molecule has 116 valence electrons. The predicted molar refractivity (Wildman–Crippen MR) is 80.6 cm³/mol. The minimum atomic E-state index is -0.419. The van der Waals surface area contributed by atoms with Crippen LogP contribution in [-0.2, 0) is 11.3 Å². The molecule has 0 saturated carbocycles. The van der Waals surface area contributed by atoms with Crippen molar-refractivity contribution in [3.63, 3.8) is 0 Å². The van der Waals surface area contributed by atoms with Crippen LogP contribution < -0.4 is 5.69 Å². The number of H-pyrrole nitrogens is 1. The number of benzene rings is 1. The molecule has 1 fully saturated rings. The molecule has 0 bridgehead atoms. The smallest absolute Gasteiger partial charge is 0.334 e. The van der Waals surface area contributed by atoms with Crippen molar-refractivity contribution in [2.45, 2.75) is 25.4 Å². The van der Waals surface area contributed by atoms with E-state index < -0.39 is 5.69 Å². The average molecular weight is 369 g/mol. The number of aromatic amines is 1. The molecule has 8 heteroatoms. The first kappa shape index (κ1) is 15.0. The monoisotopic (exact) mass is 368 g/mol. The van der Waals surface area contributed by atoms with Crippen LogP contribution in [0, 0.1) is 5.82 Å². The third-order valence-electron chi connectivity index (χ3n) is 3.77. The largest absolute Gasteiger partial charge is 0.343 e. The summed E-state index contributed by atoms with van der Waals surface area (Å²) in [6, 6.07) is 4.49. The highest BCUT2D eigenvalue weighted by Gasteiger charge is 2.30. The fourth-order valence-electron chi connectivity index (χ4n) is 2.80. The Hall–Kier alpha value is -1.96. The van der Waals surface area contributed by atoms with Crippen LogP contribution >= 0.6 is 15.9 Å². The number of halogens is 2. The first-order valence-electron chi connectivity index (χ1n) is 6.90. The lowest BCUT2D eigenvalue weighted by Gasteiger charge is -2.25. The highest BCUT2D eigenvalue weighted by molar-refractivity contribution is 9.10. The third-order valence-corrected chi connectivity index (χ3v) is 4.22. The second-order valence-electron chi connectivity index (χ2n) is 5.24. The molecule has 2 heterocycles. The van der Waals surface area contributed by atoms with Crippen LogP contribution in [0.3, 0.4) is 0 Å². The van der Waals surface area contributed by atoms with Gasteiger partial charge in [-0.15, -0.1) is 0 Å². The summed E-state index contributed by atoms with van der Waals surface area (Å²) in [7, 11) is 0. The van der Waals surface area contributed by atoms with Crippen LogP contribution in [0.1, 0.15) is 24.4 Å². The Morgan fingerprint density at radius 1 is 1.45 bits per heavy atom. The van der Waals surface area contributed by atoms with Gasteiger partial charge in [0.15, 0.2) is 0 Å². The van der Waals surface area contributed by atoms with E-state index in [2.05, 4.69) is 26.1 Å². The van der Waals surface area contributed by atoms with Crippen molar-refractivity contribution in [1.82, 2.24) is 19.7 Å². The van der Waals surface area contributed by atoms with Crippen LogP contribution in [0.5, 0.6) is 0 Å². The number of carbonyl (C=O) groups is 1. The molecule has 1 saturated heterocycles. The van der Waals surface area contributed by atoms with Crippen molar-refractivity contribution < 1.29 is 9.18 Å². The van der Waals surface area contributed by atoms with Crippen molar-refractivity contribution >= 4 is 21.8 Å². The van der Waals surface area contributed by atoms with E-state index in [0.717, 1.165) is 18.4 Å². The molecule has 1 unspecified atom stereocenters. The lowest BCUT2D eigenvalue weighted by molar-refractivity contribution is -0.132. The number of carbonyl (C=O) groups excluding carboxylic acids is 1. The molecule has 1 aromatic carbocycles. The van der Waals surface area contributed by atoms with E-state index in [1.807, 2.05) is 6.07 Å². The van der Waals surface area contributed by atoms with Gasteiger partial charge in [-0.1, -0.05) is 15.9 Å². The third kappa shape index (κ3) is 2.96. The van der Waals surface area contributed by atoms with Crippen LogP contribution in [-0.4, -0.2) is 32.1 Å². The highest BCUT2D eigenvalue weighted by atomic mass is 79.9. The van der Waals surface area contributed by atoms with Gasteiger partial charge in [-0.05, 0) is 36.6 Å². The number of nitrogens with one attached hydrogen (secondary N) is 1. The van der Waals surface area contributed by atoms with E-state index in [1.54, 1.807) is 4.90 Å². The maximum absolute atomic E-state index is 13.6. The topological polar surface area (TPSA) is 71.0 Å². The molecule has 1 aliphatic heterocycles. The van der Waals surface area contributed by atoms with Gasteiger partial charge in [0.2, 0.25) is 5.91 Å². The molecule has 22 heavy (non-hydrogen) atoms. The summed E-state index contributed by atoms with van der Waals surface area (Å²) < 4.78 is 15.4. The van der Waals surface area contributed by atoms with Crippen LogP contribution in [0.4, 0.5) is 4.39 Å². The second kappa shape index (κ2) is 6.04. The van der Waals surface area contributed by atoms with E-state index in [4.69, 9.17) is 0 Å². The van der Waals surface area contributed by atoms with Crippen LogP contribution in [0.15, 0.2) is 33.8 Å². The molecule has 1 atom stereocenters. The zero-order valence-corrected chi connectivity index (χ0v) is 13.2. The minimum absolute atomic E-state index is 0.0671. The summed E-state index contributed by atoms with van der Waals surface area (Å²) in [5.74, 6) is -0.513. The Balaban J connectivity index is 1.82. The first-order valence-corrected chi connectivity index (χ1v) is 7.69. The molecule has 1 N–H and O–H groups in total. The average Bonchev–Trinajstić information content (AvgIpc) is 3.07. The van der Waals surface area contributed by atoms with Crippen molar-refractivity contribution in [2.75, 3.05) is 6.54 Å². The summed E-state index contributed by atoms with van der Waals surface area (Å²) in [5, 5.41) is 5.85. The van der Waals surface area contributed by atoms with Crippen molar-refractivity contribution in [2.24, 2.45) is 0 Å². The number of hydrogen-bond acceptors (Lipinski definition) is 3. The van der Waals surface area contributed by atoms with E-state index >= 15 is 0 Å². The Labute approximate surface area is 134 Å². The van der Waals surface area contributed by atoms with E-state index in [-0.39, 0.29) is 24.3 Å². The number of aromatic nitrogens is 3. The summed E-state index contributed by atoms with van der Waals surface area (Å²) in [4.78, 5) is 25.6. The molecule has 1 aromatic heterocycles. The molecule has 6 nitrogen and oxygen atoms in total. The zero-order valence-electron chi connectivity index (χ0n) is 11.6. The van der Waals surface area contributed by atoms with E-state index in [1.165, 1.54) is 23.0 Å². The van der Waals surface area contributed by atoms with Crippen LogP contribution in [0.25, 0.3) is 0 Å². The summed E-state index contributed by atoms with van der Waals surface area (Å²) in [6.07, 6.45) is 2.93. The van der Waals surface area contributed by atoms with Gasteiger partial charge >= 0.3 is 5.69 Å². The molecular weight excluding hydrogens is 355 g/mol. The Kier molecular flexibility index (Phi) is 4.10. The lowest BCUT2D eigenvalue weighted by atomic mass is 10.0. The molecule has 1 aliphatic rings.